The number of carbonyl (C=O) groups is 2. The molecule has 1 unspecified atom stereocenters. The molecular formula is C13H15NO5S. The summed E-state index contributed by atoms with van der Waals surface area (Å²) < 4.78 is 24.6. The minimum atomic E-state index is -3.80. The van der Waals surface area contributed by atoms with Gasteiger partial charge in [0.1, 0.15) is 5.25 Å². The van der Waals surface area contributed by atoms with E-state index >= 15 is 0 Å². The highest BCUT2D eigenvalue weighted by Gasteiger charge is 2.41. The summed E-state index contributed by atoms with van der Waals surface area (Å²) in [7, 11) is -3.80. The third-order valence-electron chi connectivity index (χ3n) is 3.37. The predicted molar refractivity (Wildman–Crippen MR) is 72.5 cm³/mol. The van der Waals surface area contributed by atoms with Gasteiger partial charge in [0.25, 0.3) is 0 Å². The van der Waals surface area contributed by atoms with Crippen LogP contribution in [0.1, 0.15) is 24.2 Å². The molecule has 1 N–H and O–H groups in total. The molecule has 1 aromatic carbocycles. The lowest BCUT2D eigenvalue weighted by molar-refractivity contribution is -0.118. The van der Waals surface area contributed by atoms with Crippen molar-refractivity contribution in [3.63, 3.8) is 0 Å². The van der Waals surface area contributed by atoms with Crippen LogP contribution in [0, 0.1) is 0 Å². The van der Waals surface area contributed by atoms with Gasteiger partial charge in [0, 0.05) is 12.1 Å². The van der Waals surface area contributed by atoms with Crippen LogP contribution in [0.3, 0.4) is 0 Å². The van der Waals surface area contributed by atoms with E-state index in [4.69, 9.17) is 5.11 Å². The molecule has 6 nitrogen and oxygen atoms in total. The summed E-state index contributed by atoms with van der Waals surface area (Å²) in [6, 6.07) is 4.20. The van der Waals surface area contributed by atoms with Crippen LogP contribution in [0.2, 0.25) is 0 Å². The second-order valence-electron chi connectivity index (χ2n) is 4.64. The van der Waals surface area contributed by atoms with E-state index in [1.165, 1.54) is 36.9 Å². The summed E-state index contributed by atoms with van der Waals surface area (Å²) in [5.41, 5.74) is 0.491. The van der Waals surface area contributed by atoms with Gasteiger partial charge >= 0.3 is 0 Å². The minimum absolute atomic E-state index is 0.0190. The fourth-order valence-electron chi connectivity index (χ4n) is 2.18. The molecule has 0 spiro atoms. The Bertz CT molecular complexity index is 680. The normalized spacial score (nSPS) is 20.6. The third kappa shape index (κ3) is 2.12. The van der Waals surface area contributed by atoms with Gasteiger partial charge in [-0.25, -0.2) is 8.42 Å². The highest BCUT2D eigenvalue weighted by Crippen LogP contribution is 2.35. The van der Waals surface area contributed by atoms with Crippen molar-refractivity contribution in [2.75, 3.05) is 18.1 Å². The zero-order chi connectivity index (χ0) is 15.1. The molecule has 0 fully saturated rings. The second kappa shape index (κ2) is 4.99. The molecule has 1 aromatic rings. The quantitative estimate of drug-likeness (QED) is 0.815. The van der Waals surface area contributed by atoms with Crippen molar-refractivity contribution in [2.24, 2.45) is 0 Å². The molecule has 0 aliphatic carbocycles. The molecule has 7 heteroatoms. The van der Waals surface area contributed by atoms with E-state index in [0.717, 1.165) is 0 Å². The van der Waals surface area contributed by atoms with Crippen LogP contribution < -0.4 is 4.90 Å². The molecule has 1 amide bonds. The molecule has 1 aliphatic rings. The minimum Gasteiger partial charge on any atom is -0.395 e. The van der Waals surface area contributed by atoms with E-state index in [2.05, 4.69) is 0 Å². The number of fused-ring (bicyclic) bond motifs is 1. The Hall–Kier alpha value is -1.73. The Labute approximate surface area is 116 Å². The smallest absolute Gasteiger partial charge is 0.245 e. The van der Waals surface area contributed by atoms with Gasteiger partial charge in [0.05, 0.1) is 17.2 Å². The van der Waals surface area contributed by atoms with Gasteiger partial charge in [-0.1, -0.05) is 0 Å². The number of β-amino-alcohol motifs (C(OH)–C–C–N with tert-alkyl or cyclic N) is 1. The summed E-state index contributed by atoms with van der Waals surface area (Å²) in [5, 5.41) is 7.80. The van der Waals surface area contributed by atoms with Crippen LogP contribution >= 0.6 is 0 Å². The Morgan fingerprint density at radius 3 is 2.60 bits per heavy atom. The standard InChI is InChI=1S/C13H15NO5S/c1-8(16)10-3-4-11-12(7-10)20(18,19)9(2)13(17)14(11)5-6-15/h3-4,7,9,15H,5-6H2,1-2H3. The lowest BCUT2D eigenvalue weighted by atomic mass is 10.1. The summed E-state index contributed by atoms with van der Waals surface area (Å²) in [6.45, 7) is 2.40. The third-order valence-corrected chi connectivity index (χ3v) is 5.44. The summed E-state index contributed by atoms with van der Waals surface area (Å²) in [6.07, 6.45) is 0. The predicted octanol–water partition coefficient (Wildman–Crippen LogP) is 0.390. The maximum Gasteiger partial charge on any atom is 0.245 e. The summed E-state index contributed by atoms with van der Waals surface area (Å²) >= 11 is 0. The molecule has 0 saturated heterocycles. The first-order chi connectivity index (χ1) is 9.30. The number of rotatable bonds is 3. The van der Waals surface area contributed by atoms with Gasteiger partial charge < -0.3 is 10.0 Å². The topological polar surface area (TPSA) is 91.8 Å². The number of Topliss-reactive ketones (excluding diaryl/α,β-unsaturated/α-hetero) is 1. The molecule has 0 saturated carbocycles. The molecule has 1 aliphatic heterocycles. The number of aliphatic hydroxyl groups excluding tert-OH is 1. The maximum absolute atomic E-state index is 12.3. The van der Waals surface area contributed by atoms with Crippen molar-refractivity contribution in [3.8, 4) is 0 Å². The van der Waals surface area contributed by atoms with E-state index in [0.29, 0.717) is 0 Å². The average Bonchev–Trinajstić information content (AvgIpc) is 2.41. The van der Waals surface area contributed by atoms with Gasteiger partial charge in [-0.05, 0) is 32.0 Å². The molecular weight excluding hydrogens is 282 g/mol. The van der Waals surface area contributed by atoms with Crippen LogP contribution in [0.25, 0.3) is 0 Å². The number of ketones is 1. The van der Waals surface area contributed by atoms with Crippen molar-refractivity contribution in [1.82, 2.24) is 0 Å². The van der Waals surface area contributed by atoms with Gasteiger partial charge in [-0.2, -0.15) is 0 Å². The Kier molecular flexibility index (Phi) is 3.66. The van der Waals surface area contributed by atoms with Crippen LogP contribution in [0.4, 0.5) is 5.69 Å². The molecule has 2 rings (SSSR count). The number of hydrogen-bond donors (Lipinski definition) is 1. The number of sulfone groups is 1. The number of benzene rings is 1. The van der Waals surface area contributed by atoms with E-state index in [-0.39, 0.29) is 35.1 Å². The lowest BCUT2D eigenvalue weighted by Gasteiger charge is -2.32. The number of hydrogen-bond acceptors (Lipinski definition) is 5. The van der Waals surface area contributed by atoms with E-state index in [1.807, 2.05) is 0 Å². The zero-order valence-electron chi connectivity index (χ0n) is 11.2. The molecule has 1 atom stereocenters. The van der Waals surface area contributed by atoms with E-state index in [9.17, 15) is 18.0 Å². The monoisotopic (exact) mass is 297 g/mol. The number of anilines is 1. The van der Waals surface area contributed by atoms with Crippen molar-refractivity contribution >= 4 is 27.2 Å². The zero-order valence-corrected chi connectivity index (χ0v) is 12.0. The summed E-state index contributed by atoms with van der Waals surface area (Å²) in [4.78, 5) is 24.7. The fraction of sp³-hybridized carbons (Fsp3) is 0.385. The number of nitrogens with zero attached hydrogens (tertiary/aromatic N) is 1. The largest absolute Gasteiger partial charge is 0.395 e. The molecule has 0 aromatic heterocycles. The van der Waals surface area contributed by atoms with Gasteiger partial charge in [-0.3, -0.25) is 9.59 Å². The van der Waals surface area contributed by atoms with Crippen LogP contribution in [-0.4, -0.2) is 43.6 Å². The molecule has 0 bridgehead atoms. The molecule has 20 heavy (non-hydrogen) atoms. The molecule has 0 radical (unpaired) electrons. The molecule has 108 valence electrons. The van der Waals surface area contributed by atoms with Crippen LogP contribution in [0.5, 0.6) is 0 Å². The maximum atomic E-state index is 12.3. The first kappa shape index (κ1) is 14.7. The number of carbonyl (C=O) groups excluding carboxylic acids is 2. The number of amides is 1. The summed E-state index contributed by atoms with van der Waals surface area (Å²) in [5.74, 6) is -0.816. The average molecular weight is 297 g/mol. The highest BCUT2D eigenvalue weighted by atomic mass is 32.2. The lowest BCUT2D eigenvalue weighted by Crippen LogP contribution is -2.47. The van der Waals surface area contributed by atoms with Crippen molar-refractivity contribution in [3.05, 3.63) is 23.8 Å². The Balaban J connectivity index is 2.71. The van der Waals surface area contributed by atoms with E-state index < -0.39 is 21.0 Å². The highest BCUT2D eigenvalue weighted by molar-refractivity contribution is 7.93. The van der Waals surface area contributed by atoms with Gasteiger partial charge in [0.2, 0.25) is 5.91 Å². The fourth-order valence-corrected chi connectivity index (χ4v) is 3.71. The first-order valence-corrected chi connectivity index (χ1v) is 7.66. The van der Waals surface area contributed by atoms with Crippen LogP contribution in [-0.2, 0) is 14.6 Å². The van der Waals surface area contributed by atoms with Crippen molar-refractivity contribution in [1.29, 1.82) is 0 Å². The van der Waals surface area contributed by atoms with Crippen molar-refractivity contribution in [2.45, 2.75) is 24.0 Å². The van der Waals surface area contributed by atoms with E-state index in [1.54, 1.807) is 0 Å². The molecule has 1 heterocycles. The Morgan fingerprint density at radius 2 is 2.05 bits per heavy atom. The SMILES string of the molecule is CC(=O)c1ccc2c(c1)S(=O)(=O)C(C)C(=O)N2CCO. The van der Waals surface area contributed by atoms with Crippen LogP contribution in [0.15, 0.2) is 23.1 Å². The Morgan fingerprint density at radius 1 is 1.40 bits per heavy atom. The first-order valence-electron chi connectivity index (χ1n) is 6.12. The van der Waals surface area contributed by atoms with Gasteiger partial charge in [0.15, 0.2) is 15.6 Å². The second-order valence-corrected chi connectivity index (χ2v) is 6.88. The number of aliphatic hydroxyl groups is 1. The van der Waals surface area contributed by atoms with Gasteiger partial charge in [-0.15, -0.1) is 0 Å². The van der Waals surface area contributed by atoms with Crippen molar-refractivity contribution < 1.29 is 23.1 Å².